The van der Waals surface area contributed by atoms with E-state index in [2.05, 4.69) is 19.2 Å². The fraction of sp³-hybridized carbons (Fsp3) is 1.00. The average Bonchev–Trinajstić information content (AvgIpc) is 2.83. The zero-order valence-corrected chi connectivity index (χ0v) is 10.8. The molecule has 1 saturated heterocycles. The number of rotatable bonds is 5. The first kappa shape index (κ1) is 12.3. The molecule has 0 aromatic carbocycles. The van der Waals surface area contributed by atoms with Crippen molar-refractivity contribution >= 4 is 0 Å². The largest absolute Gasteiger partial charge is 0.383 e. The molecule has 0 aromatic rings. The van der Waals surface area contributed by atoms with Crippen LogP contribution in [-0.2, 0) is 9.47 Å². The predicted octanol–water partition coefficient (Wildman–Crippen LogP) is 1.82. The number of hydrogen-bond acceptors (Lipinski definition) is 3. The molecule has 2 rings (SSSR count). The van der Waals surface area contributed by atoms with Gasteiger partial charge in [0.25, 0.3) is 0 Å². The molecule has 1 saturated carbocycles. The Morgan fingerprint density at radius 1 is 1.25 bits per heavy atom. The summed E-state index contributed by atoms with van der Waals surface area (Å²) in [7, 11) is 1.75. The van der Waals surface area contributed by atoms with E-state index >= 15 is 0 Å². The fourth-order valence-electron chi connectivity index (χ4n) is 3.39. The summed E-state index contributed by atoms with van der Waals surface area (Å²) in [5, 5.41) is 3.48. The summed E-state index contributed by atoms with van der Waals surface area (Å²) in [5.41, 5.74) is 0.608. The summed E-state index contributed by atoms with van der Waals surface area (Å²) in [6.45, 7) is 7.37. The van der Waals surface area contributed by atoms with Gasteiger partial charge in [-0.2, -0.15) is 0 Å². The zero-order valence-electron chi connectivity index (χ0n) is 10.8. The molecule has 0 bridgehead atoms. The summed E-state index contributed by atoms with van der Waals surface area (Å²) in [6.07, 6.45) is 4.81. The van der Waals surface area contributed by atoms with Crippen LogP contribution in [0.5, 0.6) is 0 Å². The van der Waals surface area contributed by atoms with Crippen molar-refractivity contribution in [3.05, 3.63) is 0 Å². The second-order valence-electron chi connectivity index (χ2n) is 5.63. The van der Waals surface area contributed by atoms with Gasteiger partial charge in [0.2, 0.25) is 0 Å². The smallest absolute Gasteiger partial charge is 0.0587 e. The van der Waals surface area contributed by atoms with Gasteiger partial charge in [0.1, 0.15) is 0 Å². The highest BCUT2D eigenvalue weighted by Gasteiger charge is 2.56. The van der Waals surface area contributed by atoms with Gasteiger partial charge in [-0.3, -0.25) is 0 Å². The van der Waals surface area contributed by atoms with E-state index in [9.17, 15) is 0 Å². The Morgan fingerprint density at radius 3 is 2.56 bits per heavy atom. The van der Waals surface area contributed by atoms with Gasteiger partial charge in [0.05, 0.1) is 18.8 Å². The lowest BCUT2D eigenvalue weighted by atomic mass is 9.87. The van der Waals surface area contributed by atoms with Crippen LogP contribution in [-0.4, -0.2) is 39.0 Å². The number of hydrogen-bond donors (Lipinski definition) is 1. The van der Waals surface area contributed by atoms with Gasteiger partial charge in [-0.1, -0.05) is 0 Å². The zero-order chi connectivity index (χ0) is 11.6. The summed E-state index contributed by atoms with van der Waals surface area (Å²) in [4.78, 5) is 0. The molecule has 1 spiro atoms. The van der Waals surface area contributed by atoms with Crippen molar-refractivity contribution in [1.29, 1.82) is 0 Å². The molecule has 0 radical (unpaired) electrons. The third kappa shape index (κ3) is 2.76. The first-order chi connectivity index (χ1) is 7.66. The maximum atomic E-state index is 5.81. The molecule has 2 aliphatic rings. The van der Waals surface area contributed by atoms with Gasteiger partial charge < -0.3 is 14.8 Å². The Labute approximate surface area is 98.9 Å². The van der Waals surface area contributed by atoms with E-state index in [1.165, 1.54) is 19.3 Å². The predicted molar refractivity (Wildman–Crippen MR) is 64.5 cm³/mol. The first-order valence-corrected chi connectivity index (χ1v) is 6.51. The number of ether oxygens (including phenoxy) is 2. The van der Waals surface area contributed by atoms with E-state index < -0.39 is 0 Å². The van der Waals surface area contributed by atoms with Crippen LogP contribution in [0.2, 0.25) is 0 Å². The van der Waals surface area contributed by atoms with Crippen LogP contribution in [0, 0.1) is 11.3 Å². The molecule has 3 nitrogen and oxygen atoms in total. The SMILES string of the molecule is COCCNCC1CC12CC(C)OC(C)C2. The summed E-state index contributed by atoms with van der Waals surface area (Å²) >= 11 is 0. The van der Waals surface area contributed by atoms with E-state index in [4.69, 9.17) is 9.47 Å². The van der Waals surface area contributed by atoms with Gasteiger partial charge >= 0.3 is 0 Å². The molecule has 16 heavy (non-hydrogen) atoms. The van der Waals surface area contributed by atoms with Crippen molar-refractivity contribution in [1.82, 2.24) is 5.32 Å². The highest BCUT2D eigenvalue weighted by molar-refractivity contribution is 5.06. The lowest BCUT2D eigenvalue weighted by molar-refractivity contribution is -0.0626. The number of nitrogens with one attached hydrogen (secondary N) is 1. The Hall–Kier alpha value is -0.120. The van der Waals surface area contributed by atoms with Crippen molar-refractivity contribution in [2.24, 2.45) is 11.3 Å². The Balaban J connectivity index is 1.71. The van der Waals surface area contributed by atoms with Gasteiger partial charge in [0, 0.05) is 13.7 Å². The van der Waals surface area contributed by atoms with Crippen molar-refractivity contribution < 1.29 is 9.47 Å². The van der Waals surface area contributed by atoms with Crippen molar-refractivity contribution in [3.63, 3.8) is 0 Å². The maximum absolute atomic E-state index is 5.81. The summed E-state index contributed by atoms with van der Waals surface area (Å²) in [6, 6.07) is 0. The number of methoxy groups -OCH3 is 1. The molecule has 0 aromatic heterocycles. The van der Waals surface area contributed by atoms with E-state index in [1.807, 2.05) is 0 Å². The van der Waals surface area contributed by atoms with Crippen LogP contribution in [0.3, 0.4) is 0 Å². The van der Waals surface area contributed by atoms with Crippen LogP contribution in [0.15, 0.2) is 0 Å². The minimum atomic E-state index is 0.452. The molecule has 94 valence electrons. The minimum Gasteiger partial charge on any atom is -0.383 e. The second-order valence-corrected chi connectivity index (χ2v) is 5.63. The van der Waals surface area contributed by atoms with E-state index in [1.54, 1.807) is 7.11 Å². The summed E-state index contributed by atoms with van der Waals surface area (Å²) in [5.74, 6) is 0.873. The molecule has 1 aliphatic carbocycles. The molecule has 2 fully saturated rings. The van der Waals surface area contributed by atoms with Crippen LogP contribution in [0.25, 0.3) is 0 Å². The van der Waals surface area contributed by atoms with Crippen LogP contribution in [0.1, 0.15) is 33.1 Å². The van der Waals surface area contributed by atoms with Crippen molar-refractivity contribution in [2.75, 3.05) is 26.8 Å². The highest BCUT2D eigenvalue weighted by atomic mass is 16.5. The molecular formula is C13H25NO2. The molecule has 3 unspecified atom stereocenters. The van der Waals surface area contributed by atoms with E-state index in [-0.39, 0.29) is 0 Å². The summed E-state index contributed by atoms with van der Waals surface area (Å²) < 4.78 is 10.8. The molecule has 1 heterocycles. The molecule has 1 aliphatic heterocycles. The van der Waals surface area contributed by atoms with Gasteiger partial charge in [-0.05, 0) is 51.0 Å². The second kappa shape index (κ2) is 5.03. The fourth-order valence-corrected chi connectivity index (χ4v) is 3.39. The normalized spacial score (nSPS) is 42.6. The first-order valence-electron chi connectivity index (χ1n) is 6.51. The van der Waals surface area contributed by atoms with Crippen molar-refractivity contribution in [3.8, 4) is 0 Å². The molecule has 3 atom stereocenters. The van der Waals surface area contributed by atoms with Gasteiger partial charge in [-0.15, -0.1) is 0 Å². The Morgan fingerprint density at radius 2 is 1.94 bits per heavy atom. The third-order valence-electron chi connectivity index (χ3n) is 4.09. The quantitative estimate of drug-likeness (QED) is 0.727. The minimum absolute atomic E-state index is 0.452. The Kier molecular flexibility index (Phi) is 3.88. The topological polar surface area (TPSA) is 30.5 Å². The Bertz CT molecular complexity index is 222. The van der Waals surface area contributed by atoms with Crippen LogP contribution < -0.4 is 5.32 Å². The molecule has 3 heteroatoms. The molecular weight excluding hydrogens is 202 g/mol. The van der Waals surface area contributed by atoms with Gasteiger partial charge in [0.15, 0.2) is 0 Å². The third-order valence-corrected chi connectivity index (χ3v) is 4.09. The monoisotopic (exact) mass is 227 g/mol. The molecule has 1 N–H and O–H groups in total. The van der Waals surface area contributed by atoms with E-state index in [0.717, 1.165) is 25.6 Å². The van der Waals surface area contributed by atoms with Crippen LogP contribution >= 0.6 is 0 Å². The maximum Gasteiger partial charge on any atom is 0.0587 e. The van der Waals surface area contributed by atoms with Gasteiger partial charge in [-0.25, -0.2) is 0 Å². The molecule has 0 amide bonds. The lowest BCUT2D eigenvalue weighted by Gasteiger charge is -2.33. The standard InChI is InChI=1S/C13H25NO2/c1-10-6-13(7-11(2)16-10)8-12(13)9-14-4-5-15-3/h10-12,14H,4-9H2,1-3H3. The average molecular weight is 227 g/mol. The van der Waals surface area contributed by atoms with Crippen molar-refractivity contribution in [2.45, 2.75) is 45.3 Å². The highest BCUT2D eigenvalue weighted by Crippen LogP contribution is 2.60. The lowest BCUT2D eigenvalue weighted by Crippen LogP contribution is -2.33. The van der Waals surface area contributed by atoms with Crippen LogP contribution in [0.4, 0.5) is 0 Å². The van der Waals surface area contributed by atoms with E-state index in [0.29, 0.717) is 17.6 Å².